The predicted molar refractivity (Wildman–Crippen MR) is 116 cm³/mol. The van der Waals surface area contributed by atoms with Crippen molar-refractivity contribution < 1.29 is 4.74 Å². The Hall–Kier alpha value is -3.61. The molecule has 7 heteroatoms. The van der Waals surface area contributed by atoms with E-state index in [0.717, 1.165) is 46.8 Å². The van der Waals surface area contributed by atoms with Gasteiger partial charge >= 0.3 is 0 Å². The molecular formula is C22H24N6O. The molecule has 0 aliphatic heterocycles. The number of para-hydroxylation sites is 1. The van der Waals surface area contributed by atoms with Crippen molar-refractivity contribution in [2.45, 2.75) is 26.3 Å². The highest BCUT2D eigenvalue weighted by Crippen LogP contribution is 2.24. The molecular weight excluding hydrogens is 364 g/mol. The molecule has 0 bridgehead atoms. The zero-order chi connectivity index (χ0) is 20.2. The van der Waals surface area contributed by atoms with Crippen LogP contribution in [0.1, 0.15) is 19.2 Å². The van der Waals surface area contributed by atoms with E-state index < -0.39 is 0 Å². The summed E-state index contributed by atoms with van der Waals surface area (Å²) < 4.78 is 8.03. The molecule has 0 aliphatic rings. The summed E-state index contributed by atoms with van der Waals surface area (Å²) in [7, 11) is 0. The van der Waals surface area contributed by atoms with Crippen molar-refractivity contribution in [2.75, 3.05) is 18.1 Å². The molecule has 3 heterocycles. The van der Waals surface area contributed by atoms with E-state index in [4.69, 9.17) is 26.2 Å². The van der Waals surface area contributed by atoms with Gasteiger partial charge in [-0.1, -0.05) is 25.1 Å². The summed E-state index contributed by atoms with van der Waals surface area (Å²) in [6.45, 7) is 3.34. The minimum absolute atomic E-state index is 0.373. The molecule has 7 nitrogen and oxygen atoms in total. The second-order valence-electron chi connectivity index (χ2n) is 6.84. The van der Waals surface area contributed by atoms with Gasteiger partial charge in [-0.15, -0.1) is 0 Å². The van der Waals surface area contributed by atoms with Crippen LogP contribution in [0.2, 0.25) is 0 Å². The quantitative estimate of drug-likeness (QED) is 0.500. The molecule has 148 valence electrons. The second-order valence-corrected chi connectivity index (χ2v) is 6.84. The predicted octanol–water partition coefficient (Wildman–Crippen LogP) is 3.69. The lowest BCUT2D eigenvalue weighted by Crippen LogP contribution is -2.12. The fourth-order valence-corrected chi connectivity index (χ4v) is 3.35. The molecule has 0 saturated carbocycles. The Morgan fingerprint density at radius 3 is 2.41 bits per heavy atom. The summed E-state index contributed by atoms with van der Waals surface area (Å²) in [5.74, 6) is 2.61. The summed E-state index contributed by atoms with van der Waals surface area (Å²) in [5.41, 5.74) is 15.0. The molecule has 4 aromatic rings. The number of hydrogen-bond donors (Lipinski definition) is 2. The van der Waals surface area contributed by atoms with Gasteiger partial charge in [0, 0.05) is 12.0 Å². The fourth-order valence-electron chi connectivity index (χ4n) is 3.35. The molecule has 0 unspecified atom stereocenters. The van der Waals surface area contributed by atoms with Gasteiger partial charge in [0.05, 0.1) is 12.2 Å². The van der Waals surface area contributed by atoms with Crippen LogP contribution in [-0.2, 0) is 13.0 Å². The first-order valence-electron chi connectivity index (χ1n) is 9.71. The third-order valence-electron chi connectivity index (χ3n) is 4.63. The molecule has 0 fully saturated rings. The number of rotatable bonds is 7. The number of aryl methyl sites for hydroxylation is 1. The van der Waals surface area contributed by atoms with Crippen LogP contribution < -0.4 is 16.2 Å². The van der Waals surface area contributed by atoms with Crippen molar-refractivity contribution in [2.24, 2.45) is 0 Å². The molecule has 4 N–H and O–H groups in total. The summed E-state index contributed by atoms with van der Waals surface area (Å²) in [5, 5.41) is 0. The van der Waals surface area contributed by atoms with Crippen molar-refractivity contribution >= 4 is 22.8 Å². The lowest BCUT2D eigenvalue weighted by molar-refractivity contribution is 0.298. The molecule has 0 amide bonds. The summed E-state index contributed by atoms with van der Waals surface area (Å²) in [6.07, 6.45) is 1.89. The number of hydrogen-bond acceptors (Lipinski definition) is 6. The first kappa shape index (κ1) is 18.7. The summed E-state index contributed by atoms with van der Waals surface area (Å²) >= 11 is 0. The van der Waals surface area contributed by atoms with Crippen LogP contribution >= 0.6 is 0 Å². The standard InChI is InChI=1S/C22H24N6O/c1-2-6-21-25-18-10-9-17(15-13-19(23)27-20(24)14-15)26-22(18)28(21)11-12-29-16-7-4-3-5-8-16/h3-5,7-10,13-14H,2,6,11-12H2,1H3,(H4,23,24,27). The maximum Gasteiger partial charge on any atom is 0.160 e. The van der Waals surface area contributed by atoms with Crippen molar-refractivity contribution in [3.8, 4) is 17.0 Å². The molecule has 0 saturated heterocycles. The average molecular weight is 388 g/mol. The molecule has 4 rings (SSSR count). The van der Waals surface area contributed by atoms with Gasteiger partial charge < -0.3 is 20.8 Å². The lowest BCUT2D eigenvalue weighted by Gasteiger charge is -2.10. The van der Waals surface area contributed by atoms with Gasteiger partial charge in [-0.25, -0.2) is 15.0 Å². The highest BCUT2D eigenvalue weighted by atomic mass is 16.5. The number of aromatic nitrogens is 4. The molecule has 3 aromatic heterocycles. The Kier molecular flexibility index (Phi) is 5.29. The van der Waals surface area contributed by atoms with Crippen LogP contribution in [0.15, 0.2) is 54.6 Å². The van der Waals surface area contributed by atoms with Gasteiger partial charge in [0.2, 0.25) is 0 Å². The van der Waals surface area contributed by atoms with Crippen LogP contribution in [0, 0.1) is 0 Å². The number of fused-ring (bicyclic) bond motifs is 1. The van der Waals surface area contributed by atoms with E-state index in [0.29, 0.717) is 24.8 Å². The van der Waals surface area contributed by atoms with E-state index in [1.54, 1.807) is 12.1 Å². The number of benzene rings is 1. The Morgan fingerprint density at radius 1 is 0.931 bits per heavy atom. The summed E-state index contributed by atoms with van der Waals surface area (Å²) in [4.78, 5) is 13.7. The Labute approximate surface area is 169 Å². The van der Waals surface area contributed by atoms with Crippen molar-refractivity contribution in [1.82, 2.24) is 19.5 Å². The van der Waals surface area contributed by atoms with Crippen LogP contribution in [0.4, 0.5) is 11.6 Å². The molecule has 29 heavy (non-hydrogen) atoms. The van der Waals surface area contributed by atoms with Crippen LogP contribution in [0.3, 0.4) is 0 Å². The number of ether oxygens (including phenoxy) is 1. The van der Waals surface area contributed by atoms with E-state index >= 15 is 0 Å². The number of anilines is 2. The van der Waals surface area contributed by atoms with Crippen LogP contribution in [0.25, 0.3) is 22.4 Å². The fraction of sp³-hybridized carbons (Fsp3) is 0.227. The maximum atomic E-state index is 5.89. The Balaban J connectivity index is 1.67. The van der Waals surface area contributed by atoms with Gasteiger partial charge in [-0.2, -0.15) is 0 Å². The normalized spacial score (nSPS) is 11.1. The number of nitrogen functional groups attached to an aromatic ring is 2. The average Bonchev–Trinajstić information content (AvgIpc) is 3.05. The molecule has 0 spiro atoms. The van der Waals surface area contributed by atoms with E-state index in [-0.39, 0.29) is 0 Å². The SMILES string of the molecule is CCCc1nc2ccc(-c3cc(N)nc(N)c3)nc2n1CCOc1ccccc1. The first-order valence-corrected chi connectivity index (χ1v) is 9.71. The van der Waals surface area contributed by atoms with E-state index in [9.17, 15) is 0 Å². The van der Waals surface area contributed by atoms with Gasteiger partial charge in [0.15, 0.2) is 5.65 Å². The Morgan fingerprint density at radius 2 is 1.69 bits per heavy atom. The van der Waals surface area contributed by atoms with Crippen molar-refractivity contribution in [3.63, 3.8) is 0 Å². The van der Waals surface area contributed by atoms with Crippen LogP contribution in [-0.4, -0.2) is 26.1 Å². The van der Waals surface area contributed by atoms with Gasteiger partial charge in [-0.3, -0.25) is 0 Å². The lowest BCUT2D eigenvalue weighted by atomic mass is 10.1. The maximum absolute atomic E-state index is 5.89. The highest BCUT2D eigenvalue weighted by molar-refractivity contribution is 5.77. The highest BCUT2D eigenvalue weighted by Gasteiger charge is 2.13. The van der Waals surface area contributed by atoms with Gasteiger partial charge in [-0.05, 0) is 42.8 Å². The van der Waals surface area contributed by atoms with Gasteiger partial charge in [0.25, 0.3) is 0 Å². The zero-order valence-electron chi connectivity index (χ0n) is 16.4. The molecule has 1 aromatic carbocycles. The smallest absolute Gasteiger partial charge is 0.160 e. The first-order chi connectivity index (χ1) is 14.1. The molecule has 0 radical (unpaired) electrons. The number of pyridine rings is 2. The van der Waals surface area contributed by atoms with E-state index in [2.05, 4.69) is 16.5 Å². The van der Waals surface area contributed by atoms with Crippen molar-refractivity contribution in [1.29, 1.82) is 0 Å². The second kappa shape index (κ2) is 8.18. The molecule has 0 aliphatic carbocycles. The van der Waals surface area contributed by atoms with Crippen molar-refractivity contribution in [3.05, 3.63) is 60.4 Å². The minimum Gasteiger partial charge on any atom is -0.492 e. The van der Waals surface area contributed by atoms with E-state index in [1.807, 2.05) is 42.5 Å². The topological polar surface area (TPSA) is 105 Å². The largest absolute Gasteiger partial charge is 0.492 e. The monoisotopic (exact) mass is 388 g/mol. The number of nitrogens with zero attached hydrogens (tertiary/aromatic N) is 4. The minimum atomic E-state index is 0.373. The molecule has 0 atom stereocenters. The third kappa shape index (κ3) is 4.13. The van der Waals surface area contributed by atoms with E-state index in [1.165, 1.54) is 0 Å². The van der Waals surface area contributed by atoms with Crippen LogP contribution in [0.5, 0.6) is 5.75 Å². The zero-order valence-corrected chi connectivity index (χ0v) is 16.4. The summed E-state index contributed by atoms with van der Waals surface area (Å²) in [6, 6.07) is 17.3. The number of imidazole rings is 1. The third-order valence-corrected chi connectivity index (χ3v) is 4.63. The van der Waals surface area contributed by atoms with Gasteiger partial charge in [0.1, 0.15) is 35.3 Å². The number of nitrogens with two attached hydrogens (primary N) is 2. The Bertz CT molecular complexity index is 1100.